The van der Waals surface area contributed by atoms with Crippen LogP contribution in [-0.2, 0) is 19.1 Å². The van der Waals surface area contributed by atoms with E-state index in [0.29, 0.717) is 13.2 Å². The van der Waals surface area contributed by atoms with Gasteiger partial charge in [-0.25, -0.2) is 4.79 Å². The van der Waals surface area contributed by atoms with Gasteiger partial charge in [-0.1, -0.05) is 13.8 Å². The van der Waals surface area contributed by atoms with Crippen LogP contribution in [0.25, 0.3) is 0 Å². The molecule has 0 aromatic heterocycles. The molecule has 0 aliphatic heterocycles. The smallest absolute Gasteiger partial charge is 0.326 e. The Labute approximate surface area is 142 Å². The molecule has 0 saturated heterocycles. The molecule has 0 aromatic rings. The maximum atomic E-state index is 12.0. The van der Waals surface area contributed by atoms with Crippen LogP contribution in [0.2, 0.25) is 0 Å². The molecule has 0 radical (unpaired) electrons. The molecule has 0 aromatic carbocycles. The van der Waals surface area contributed by atoms with Gasteiger partial charge in [0.2, 0.25) is 0 Å². The molecule has 0 heterocycles. The molecule has 1 amide bonds. The Hall–Kier alpha value is -2.11. The molecule has 0 rings (SSSR count). The number of hydrogen-bond donors (Lipinski definition) is 3. The number of amides is 1. The van der Waals surface area contributed by atoms with Crippen molar-refractivity contribution in [1.82, 2.24) is 10.6 Å². The Morgan fingerprint density at radius 2 is 1.83 bits per heavy atom. The van der Waals surface area contributed by atoms with E-state index in [0.717, 1.165) is 0 Å². The molecule has 0 fully saturated rings. The van der Waals surface area contributed by atoms with Crippen molar-refractivity contribution in [1.29, 1.82) is 5.26 Å². The SMILES string of the molecule is CCOC(CN/C=C(/C#N)C(=O)NC(CC(C)C)C(=O)O)OCC. The number of hydrogen-bond acceptors (Lipinski definition) is 6. The number of carbonyl (C=O) groups is 2. The highest BCUT2D eigenvalue weighted by Crippen LogP contribution is 2.06. The molecular formula is C16H27N3O5. The van der Waals surface area contributed by atoms with Gasteiger partial charge in [-0.3, -0.25) is 4.79 Å². The van der Waals surface area contributed by atoms with Crippen molar-refractivity contribution in [2.75, 3.05) is 19.8 Å². The maximum Gasteiger partial charge on any atom is 0.326 e. The van der Waals surface area contributed by atoms with E-state index in [1.807, 2.05) is 27.7 Å². The van der Waals surface area contributed by atoms with E-state index in [2.05, 4.69) is 10.6 Å². The van der Waals surface area contributed by atoms with Crippen LogP contribution in [0, 0.1) is 17.2 Å². The quantitative estimate of drug-likeness (QED) is 0.275. The van der Waals surface area contributed by atoms with Gasteiger partial charge in [-0.05, 0) is 26.2 Å². The van der Waals surface area contributed by atoms with Crippen molar-refractivity contribution in [2.45, 2.75) is 46.4 Å². The van der Waals surface area contributed by atoms with E-state index < -0.39 is 24.2 Å². The van der Waals surface area contributed by atoms with Gasteiger partial charge in [0.25, 0.3) is 5.91 Å². The summed E-state index contributed by atoms with van der Waals surface area (Å²) in [6.07, 6.45) is 1.02. The van der Waals surface area contributed by atoms with Gasteiger partial charge in [0.05, 0.1) is 6.54 Å². The van der Waals surface area contributed by atoms with Crippen molar-refractivity contribution >= 4 is 11.9 Å². The maximum absolute atomic E-state index is 12.0. The third kappa shape index (κ3) is 9.12. The number of nitriles is 1. The molecule has 8 nitrogen and oxygen atoms in total. The zero-order valence-electron chi connectivity index (χ0n) is 14.7. The number of carbonyl (C=O) groups excluding carboxylic acids is 1. The van der Waals surface area contributed by atoms with Gasteiger partial charge in [0, 0.05) is 19.4 Å². The first-order chi connectivity index (χ1) is 11.3. The summed E-state index contributed by atoms with van der Waals surface area (Å²) < 4.78 is 10.6. The number of ether oxygens (including phenoxy) is 2. The largest absolute Gasteiger partial charge is 0.480 e. The van der Waals surface area contributed by atoms with Crippen LogP contribution in [0.3, 0.4) is 0 Å². The fourth-order valence-electron chi connectivity index (χ4n) is 1.87. The number of rotatable bonds is 12. The Bertz CT molecular complexity index is 465. The fourth-order valence-corrected chi connectivity index (χ4v) is 1.87. The lowest BCUT2D eigenvalue weighted by Gasteiger charge is -2.17. The molecule has 0 spiro atoms. The second kappa shape index (κ2) is 12.3. The van der Waals surface area contributed by atoms with Crippen LogP contribution >= 0.6 is 0 Å². The molecule has 24 heavy (non-hydrogen) atoms. The minimum atomic E-state index is -1.13. The van der Waals surface area contributed by atoms with Gasteiger partial charge in [0.1, 0.15) is 17.7 Å². The van der Waals surface area contributed by atoms with Crippen LogP contribution in [0.5, 0.6) is 0 Å². The second-order valence-electron chi connectivity index (χ2n) is 5.41. The minimum Gasteiger partial charge on any atom is -0.480 e. The highest BCUT2D eigenvalue weighted by Gasteiger charge is 2.22. The number of nitrogens with one attached hydrogen (secondary N) is 2. The lowest BCUT2D eigenvalue weighted by atomic mass is 10.0. The van der Waals surface area contributed by atoms with Crippen LogP contribution in [-0.4, -0.2) is 49.1 Å². The third-order valence-electron chi connectivity index (χ3n) is 2.91. The molecule has 0 aliphatic carbocycles. The first kappa shape index (κ1) is 21.9. The Balaban J connectivity index is 4.72. The summed E-state index contributed by atoms with van der Waals surface area (Å²) in [5.74, 6) is -1.77. The molecule has 1 atom stereocenters. The predicted molar refractivity (Wildman–Crippen MR) is 87.8 cm³/mol. The monoisotopic (exact) mass is 341 g/mol. The van der Waals surface area contributed by atoms with Crippen LogP contribution in [0.1, 0.15) is 34.1 Å². The molecule has 3 N–H and O–H groups in total. The average molecular weight is 341 g/mol. The lowest BCUT2D eigenvalue weighted by molar-refractivity contribution is -0.141. The molecule has 0 aliphatic rings. The minimum absolute atomic E-state index is 0.0946. The Kier molecular flexibility index (Phi) is 11.2. The molecule has 136 valence electrons. The Morgan fingerprint density at radius 1 is 1.25 bits per heavy atom. The summed E-state index contributed by atoms with van der Waals surface area (Å²) in [5, 5.41) is 23.3. The van der Waals surface area contributed by atoms with Crippen LogP contribution in [0.15, 0.2) is 11.8 Å². The lowest BCUT2D eigenvalue weighted by Crippen LogP contribution is -2.42. The van der Waals surface area contributed by atoms with E-state index in [4.69, 9.17) is 19.8 Å². The first-order valence-electron chi connectivity index (χ1n) is 7.96. The molecule has 0 bridgehead atoms. The van der Waals surface area contributed by atoms with Crippen molar-refractivity contribution < 1.29 is 24.2 Å². The summed E-state index contributed by atoms with van der Waals surface area (Å²) >= 11 is 0. The molecule has 0 saturated carbocycles. The zero-order valence-corrected chi connectivity index (χ0v) is 14.7. The zero-order chi connectivity index (χ0) is 18.5. The normalized spacial score (nSPS) is 12.8. The van der Waals surface area contributed by atoms with Gasteiger partial charge >= 0.3 is 5.97 Å². The predicted octanol–water partition coefficient (Wildman–Crippen LogP) is 0.998. The molecular weight excluding hydrogens is 314 g/mol. The van der Waals surface area contributed by atoms with E-state index in [9.17, 15) is 9.59 Å². The number of carboxylic acid groups (broad SMARTS) is 1. The van der Waals surface area contributed by atoms with Crippen molar-refractivity contribution in [2.24, 2.45) is 5.92 Å². The summed E-state index contributed by atoms with van der Waals surface area (Å²) in [7, 11) is 0. The number of aliphatic carboxylic acids is 1. The van der Waals surface area contributed by atoms with Crippen molar-refractivity contribution in [3.8, 4) is 6.07 Å². The van der Waals surface area contributed by atoms with E-state index in [1.165, 1.54) is 6.20 Å². The molecule has 1 unspecified atom stereocenters. The number of nitrogens with zero attached hydrogens (tertiary/aromatic N) is 1. The third-order valence-corrected chi connectivity index (χ3v) is 2.91. The van der Waals surface area contributed by atoms with E-state index >= 15 is 0 Å². The van der Waals surface area contributed by atoms with Gasteiger partial charge < -0.3 is 25.2 Å². The highest BCUT2D eigenvalue weighted by molar-refractivity contribution is 5.99. The van der Waals surface area contributed by atoms with Crippen molar-refractivity contribution in [3.63, 3.8) is 0 Å². The Morgan fingerprint density at radius 3 is 2.25 bits per heavy atom. The first-order valence-corrected chi connectivity index (χ1v) is 7.96. The number of carboxylic acids is 1. The summed E-state index contributed by atoms with van der Waals surface area (Å²) in [5.41, 5.74) is -0.211. The van der Waals surface area contributed by atoms with Gasteiger partial charge in [-0.15, -0.1) is 0 Å². The fraction of sp³-hybridized carbons (Fsp3) is 0.688. The van der Waals surface area contributed by atoms with Gasteiger partial charge in [-0.2, -0.15) is 5.26 Å². The van der Waals surface area contributed by atoms with E-state index in [1.54, 1.807) is 6.07 Å². The van der Waals surface area contributed by atoms with Gasteiger partial charge in [0.15, 0.2) is 6.29 Å². The standard InChI is InChI=1S/C16H27N3O5/c1-5-23-14(24-6-2)10-18-9-12(8-17)15(20)19-13(16(21)22)7-11(3)4/h9,11,13-14,18H,5-7,10H2,1-4H3,(H,19,20)(H,21,22)/b12-9-. The topological polar surface area (TPSA) is 121 Å². The van der Waals surface area contributed by atoms with Crippen LogP contribution in [0.4, 0.5) is 0 Å². The second-order valence-corrected chi connectivity index (χ2v) is 5.41. The molecule has 8 heteroatoms. The summed E-state index contributed by atoms with van der Waals surface area (Å²) in [6.45, 7) is 8.56. The van der Waals surface area contributed by atoms with Crippen LogP contribution < -0.4 is 10.6 Å². The van der Waals surface area contributed by atoms with Crippen molar-refractivity contribution in [3.05, 3.63) is 11.8 Å². The highest BCUT2D eigenvalue weighted by atomic mass is 16.7. The summed E-state index contributed by atoms with van der Waals surface area (Å²) in [4.78, 5) is 23.2. The van der Waals surface area contributed by atoms with E-state index in [-0.39, 0.29) is 24.5 Å². The average Bonchev–Trinajstić information content (AvgIpc) is 2.50. The summed E-state index contributed by atoms with van der Waals surface area (Å²) in [6, 6.07) is 0.716.